The Morgan fingerprint density at radius 2 is 1.92 bits per heavy atom. The molecule has 2 saturated heterocycles. The molecule has 0 bridgehead atoms. The molecule has 0 amide bonds. The minimum atomic E-state index is -0.0754. The van der Waals surface area contributed by atoms with Gasteiger partial charge < -0.3 is 9.64 Å². The van der Waals surface area contributed by atoms with Gasteiger partial charge in [-0.3, -0.25) is 4.90 Å². The third-order valence-electron chi connectivity index (χ3n) is 4.73. The summed E-state index contributed by atoms with van der Waals surface area (Å²) in [5, 5.41) is 0. The fourth-order valence-corrected chi connectivity index (χ4v) is 3.40. The molecule has 1 unspecified atom stereocenters. The Labute approximate surface area is 148 Å². The minimum Gasteiger partial charge on any atom is -0.368 e. The molecule has 2 aliphatic rings. The van der Waals surface area contributed by atoms with Gasteiger partial charge in [-0.05, 0) is 31.9 Å². The number of aryl methyl sites for hydroxylation is 1. The lowest BCUT2D eigenvalue weighted by Crippen LogP contribution is -2.38. The maximum absolute atomic E-state index is 5.88. The van der Waals surface area contributed by atoms with Crippen LogP contribution < -0.4 is 4.90 Å². The van der Waals surface area contributed by atoms with Crippen LogP contribution in [0.1, 0.15) is 36.2 Å². The number of hydrogen-bond donors (Lipinski definition) is 0. The second-order valence-electron chi connectivity index (χ2n) is 6.69. The number of aromatic nitrogens is 4. The largest absolute Gasteiger partial charge is 0.368 e. The van der Waals surface area contributed by atoms with E-state index in [4.69, 9.17) is 9.72 Å². The van der Waals surface area contributed by atoms with Gasteiger partial charge in [0.05, 0.1) is 12.3 Å². The van der Waals surface area contributed by atoms with Crippen molar-refractivity contribution < 1.29 is 4.74 Å². The Morgan fingerprint density at radius 1 is 1.08 bits per heavy atom. The first-order valence-electron chi connectivity index (χ1n) is 8.98. The fraction of sp³-hybridized carbons (Fsp3) is 0.556. The molecule has 0 spiro atoms. The van der Waals surface area contributed by atoms with Crippen molar-refractivity contribution in [1.29, 1.82) is 0 Å². The molecule has 0 saturated carbocycles. The summed E-state index contributed by atoms with van der Waals surface area (Å²) in [5.74, 6) is 1.63. The first-order valence-corrected chi connectivity index (χ1v) is 8.98. The van der Waals surface area contributed by atoms with Crippen molar-refractivity contribution in [3.63, 3.8) is 0 Å². The quantitative estimate of drug-likeness (QED) is 0.840. The van der Waals surface area contributed by atoms with Crippen molar-refractivity contribution in [3.05, 3.63) is 41.7 Å². The number of nitrogens with zero attached hydrogens (tertiary/aromatic N) is 6. The molecule has 0 radical (unpaired) electrons. The van der Waals surface area contributed by atoms with Crippen molar-refractivity contribution in [3.8, 4) is 0 Å². The Hall–Kier alpha value is -2.12. The van der Waals surface area contributed by atoms with Crippen LogP contribution in [0, 0.1) is 6.92 Å². The van der Waals surface area contributed by atoms with Gasteiger partial charge >= 0.3 is 0 Å². The van der Waals surface area contributed by atoms with Crippen LogP contribution in [-0.4, -0.2) is 57.6 Å². The number of hydrogen-bond acceptors (Lipinski definition) is 7. The van der Waals surface area contributed by atoms with Crippen molar-refractivity contribution in [2.75, 3.05) is 37.7 Å². The summed E-state index contributed by atoms with van der Waals surface area (Å²) in [4.78, 5) is 22.7. The molecular weight excluding hydrogens is 316 g/mol. The van der Waals surface area contributed by atoms with E-state index < -0.39 is 0 Å². The molecule has 25 heavy (non-hydrogen) atoms. The average Bonchev–Trinajstić information content (AvgIpc) is 3.17. The molecule has 7 heteroatoms. The van der Waals surface area contributed by atoms with Gasteiger partial charge in [-0.25, -0.2) is 19.9 Å². The summed E-state index contributed by atoms with van der Waals surface area (Å²) in [5.41, 5.74) is 2.03. The second kappa shape index (κ2) is 7.41. The van der Waals surface area contributed by atoms with Crippen LogP contribution in [0.4, 0.5) is 5.95 Å². The highest BCUT2D eigenvalue weighted by atomic mass is 16.5. The lowest BCUT2D eigenvalue weighted by Gasteiger charge is -2.32. The van der Waals surface area contributed by atoms with Gasteiger partial charge in [0, 0.05) is 50.8 Å². The van der Waals surface area contributed by atoms with Gasteiger partial charge in [0.15, 0.2) is 5.82 Å². The molecule has 2 aromatic heterocycles. The van der Waals surface area contributed by atoms with Crippen LogP contribution in [-0.2, 0) is 11.3 Å². The molecule has 1 atom stereocenters. The predicted octanol–water partition coefficient (Wildman–Crippen LogP) is 1.75. The molecule has 7 nitrogen and oxygen atoms in total. The Bertz CT molecular complexity index is 718. The maximum atomic E-state index is 5.88. The molecule has 2 fully saturated rings. The van der Waals surface area contributed by atoms with Crippen LogP contribution in [0.25, 0.3) is 0 Å². The molecule has 132 valence electrons. The van der Waals surface area contributed by atoms with Crippen LogP contribution >= 0.6 is 0 Å². The summed E-state index contributed by atoms with van der Waals surface area (Å²) in [6.45, 7) is 7.27. The molecule has 2 aliphatic heterocycles. The first kappa shape index (κ1) is 16.4. The average molecular weight is 340 g/mol. The van der Waals surface area contributed by atoms with E-state index in [1.807, 2.05) is 25.3 Å². The lowest BCUT2D eigenvalue weighted by molar-refractivity contribution is -0.0376. The molecule has 4 rings (SSSR count). The summed E-state index contributed by atoms with van der Waals surface area (Å²) in [7, 11) is 0. The third kappa shape index (κ3) is 3.93. The molecule has 0 N–H and O–H groups in total. The zero-order chi connectivity index (χ0) is 17.1. The highest BCUT2D eigenvalue weighted by Crippen LogP contribution is 2.21. The van der Waals surface area contributed by atoms with Crippen LogP contribution in [0.5, 0.6) is 0 Å². The van der Waals surface area contributed by atoms with E-state index in [2.05, 4.69) is 24.8 Å². The van der Waals surface area contributed by atoms with Crippen LogP contribution in [0.15, 0.2) is 24.5 Å². The zero-order valence-electron chi connectivity index (χ0n) is 14.6. The van der Waals surface area contributed by atoms with E-state index in [0.717, 1.165) is 55.9 Å². The van der Waals surface area contributed by atoms with E-state index in [0.29, 0.717) is 6.61 Å². The van der Waals surface area contributed by atoms with Gasteiger partial charge in [0.25, 0.3) is 0 Å². The Morgan fingerprint density at radius 3 is 2.76 bits per heavy atom. The Kier molecular flexibility index (Phi) is 4.85. The van der Waals surface area contributed by atoms with Gasteiger partial charge in [0.2, 0.25) is 5.95 Å². The topological polar surface area (TPSA) is 67.3 Å². The lowest BCUT2D eigenvalue weighted by atomic mass is 10.2. The van der Waals surface area contributed by atoms with Gasteiger partial charge in [-0.1, -0.05) is 0 Å². The van der Waals surface area contributed by atoms with E-state index in [9.17, 15) is 0 Å². The third-order valence-corrected chi connectivity index (χ3v) is 4.73. The van der Waals surface area contributed by atoms with Crippen molar-refractivity contribution >= 4 is 5.95 Å². The fourth-order valence-electron chi connectivity index (χ4n) is 3.40. The van der Waals surface area contributed by atoms with Crippen molar-refractivity contribution in [2.45, 2.75) is 32.4 Å². The second-order valence-corrected chi connectivity index (χ2v) is 6.69. The number of anilines is 1. The predicted molar refractivity (Wildman–Crippen MR) is 94.2 cm³/mol. The summed E-state index contributed by atoms with van der Waals surface area (Å²) < 4.78 is 5.88. The highest BCUT2D eigenvalue weighted by molar-refractivity contribution is 5.31. The van der Waals surface area contributed by atoms with Crippen LogP contribution in [0.2, 0.25) is 0 Å². The summed E-state index contributed by atoms with van der Waals surface area (Å²) in [6, 6.07) is 3.91. The van der Waals surface area contributed by atoms with Gasteiger partial charge in [-0.15, -0.1) is 0 Å². The number of morpholine rings is 1. The standard InChI is InChI=1S/C18H24N6O/c1-14-4-6-19-17(21-14)16-13-23(10-11-25-16)12-15-5-7-20-18(22-15)24-8-2-3-9-24/h4-7,16H,2-3,8-13H2,1H3. The highest BCUT2D eigenvalue weighted by Gasteiger charge is 2.25. The van der Waals surface area contributed by atoms with E-state index in [1.54, 1.807) is 6.20 Å². The number of ether oxygens (including phenoxy) is 1. The first-order chi connectivity index (χ1) is 12.3. The number of rotatable bonds is 4. The zero-order valence-corrected chi connectivity index (χ0v) is 14.6. The van der Waals surface area contributed by atoms with E-state index >= 15 is 0 Å². The molecule has 0 aromatic carbocycles. The van der Waals surface area contributed by atoms with Crippen LogP contribution in [0.3, 0.4) is 0 Å². The van der Waals surface area contributed by atoms with E-state index in [1.165, 1.54) is 12.8 Å². The van der Waals surface area contributed by atoms with E-state index in [-0.39, 0.29) is 6.10 Å². The SMILES string of the molecule is Cc1ccnc(C2CN(Cc3ccnc(N4CCCC4)n3)CCO2)n1. The molecule has 4 heterocycles. The summed E-state index contributed by atoms with van der Waals surface area (Å²) in [6.07, 6.45) is 6.06. The summed E-state index contributed by atoms with van der Waals surface area (Å²) >= 11 is 0. The van der Waals surface area contributed by atoms with Gasteiger partial charge in [-0.2, -0.15) is 0 Å². The molecule has 0 aliphatic carbocycles. The van der Waals surface area contributed by atoms with Crippen molar-refractivity contribution in [1.82, 2.24) is 24.8 Å². The van der Waals surface area contributed by atoms with Gasteiger partial charge in [0.1, 0.15) is 6.10 Å². The smallest absolute Gasteiger partial charge is 0.225 e. The molecule has 2 aromatic rings. The maximum Gasteiger partial charge on any atom is 0.225 e. The molecular formula is C18H24N6O. The monoisotopic (exact) mass is 340 g/mol. The minimum absolute atomic E-state index is 0.0754. The van der Waals surface area contributed by atoms with Crippen molar-refractivity contribution in [2.24, 2.45) is 0 Å². The Balaban J connectivity index is 1.43. The normalized spacial score (nSPS) is 21.6.